The van der Waals surface area contributed by atoms with Crippen molar-refractivity contribution >= 4 is 0 Å². The molecule has 1 unspecified atom stereocenters. The summed E-state index contributed by atoms with van der Waals surface area (Å²) < 4.78 is 0. The van der Waals surface area contributed by atoms with Crippen LogP contribution in [0, 0.1) is 5.92 Å². The number of rotatable bonds is 3. The van der Waals surface area contributed by atoms with Crippen LogP contribution in [0.25, 0.3) is 0 Å². The van der Waals surface area contributed by atoms with Gasteiger partial charge >= 0.3 is 0 Å². The molecule has 2 rings (SSSR count). The van der Waals surface area contributed by atoms with E-state index in [-0.39, 0.29) is 5.41 Å². The van der Waals surface area contributed by atoms with Crippen molar-refractivity contribution in [3.63, 3.8) is 0 Å². The van der Waals surface area contributed by atoms with Crippen LogP contribution in [0.5, 0.6) is 0 Å². The maximum absolute atomic E-state index is 3.89. The Labute approximate surface area is 131 Å². The van der Waals surface area contributed by atoms with Gasteiger partial charge in [-0.15, -0.1) is 0 Å². The smallest absolute Gasteiger partial charge is 0.0244 e. The van der Waals surface area contributed by atoms with E-state index in [1.54, 1.807) is 0 Å². The van der Waals surface area contributed by atoms with Gasteiger partial charge in [-0.3, -0.25) is 0 Å². The number of benzene rings is 1. The molecule has 0 amide bonds. The molecular formula is C20H33N. The van der Waals surface area contributed by atoms with Crippen molar-refractivity contribution in [1.29, 1.82) is 0 Å². The molecule has 0 spiro atoms. The fraction of sp³-hybridized carbons (Fsp3) is 0.700. The largest absolute Gasteiger partial charge is 0.311 e. The molecular weight excluding hydrogens is 254 g/mol. The summed E-state index contributed by atoms with van der Waals surface area (Å²) >= 11 is 0. The summed E-state index contributed by atoms with van der Waals surface area (Å²) in [6.07, 6.45) is 6.55. The minimum atomic E-state index is 0.245. The van der Waals surface area contributed by atoms with Gasteiger partial charge in [0.15, 0.2) is 0 Å². The molecule has 0 bridgehead atoms. The summed E-state index contributed by atoms with van der Waals surface area (Å²) in [4.78, 5) is 0. The van der Waals surface area contributed by atoms with Crippen molar-refractivity contribution < 1.29 is 0 Å². The molecule has 1 fully saturated rings. The monoisotopic (exact) mass is 287 g/mol. The van der Waals surface area contributed by atoms with Crippen molar-refractivity contribution in [1.82, 2.24) is 5.32 Å². The van der Waals surface area contributed by atoms with Crippen LogP contribution in [0.15, 0.2) is 24.3 Å². The van der Waals surface area contributed by atoms with Crippen LogP contribution in [0.4, 0.5) is 0 Å². The highest BCUT2D eigenvalue weighted by molar-refractivity contribution is 5.28. The lowest BCUT2D eigenvalue weighted by atomic mass is 9.77. The molecule has 1 saturated heterocycles. The summed E-state index contributed by atoms with van der Waals surface area (Å²) in [5.41, 5.74) is 3.44. The zero-order chi connectivity index (χ0) is 15.5. The van der Waals surface area contributed by atoms with Gasteiger partial charge in [0.25, 0.3) is 0 Å². The van der Waals surface area contributed by atoms with Crippen molar-refractivity contribution in [3.05, 3.63) is 35.4 Å². The SMILES string of the molecule is CC(C)C1(Cc2ccc(C(C)(C)C)cc2)CCCCCN1. The van der Waals surface area contributed by atoms with Gasteiger partial charge in [-0.2, -0.15) is 0 Å². The van der Waals surface area contributed by atoms with Crippen molar-refractivity contribution in [2.45, 2.75) is 77.7 Å². The first kappa shape index (κ1) is 16.5. The number of nitrogens with one attached hydrogen (secondary N) is 1. The summed E-state index contributed by atoms with van der Waals surface area (Å²) in [5.74, 6) is 0.679. The molecule has 21 heavy (non-hydrogen) atoms. The Bertz CT molecular complexity index is 428. The molecule has 1 atom stereocenters. The lowest BCUT2D eigenvalue weighted by Crippen LogP contribution is -2.50. The Morgan fingerprint density at radius 1 is 1.05 bits per heavy atom. The van der Waals surface area contributed by atoms with Crippen molar-refractivity contribution in [3.8, 4) is 0 Å². The highest BCUT2D eigenvalue weighted by Crippen LogP contribution is 2.31. The lowest BCUT2D eigenvalue weighted by Gasteiger charge is -2.38. The van der Waals surface area contributed by atoms with E-state index >= 15 is 0 Å². The predicted octanol–water partition coefficient (Wildman–Crippen LogP) is 5.09. The molecule has 1 aromatic carbocycles. The fourth-order valence-corrected chi connectivity index (χ4v) is 3.50. The average Bonchev–Trinajstić information content (AvgIpc) is 2.65. The second kappa shape index (κ2) is 6.52. The topological polar surface area (TPSA) is 12.0 Å². The Balaban J connectivity index is 2.17. The third-order valence-electron chi connectivity index (χ3n) is 5.22. The van der Waals surface area contributed by atoms with Crippen molar-refractivity contribution in [2.24, 2.45) is 5.92 Å². The molecule has 1 heterocycles. The number of hydrogen-bond donors (Lipinski definition) is 1. The van der Waals surface area contributed by atoms with E-state index in [9.17, 15) is 0 Å². The Kier molecular flexibility index (Phi) is 5.14. The molecule has 0 radical (unpaired) electrons. The van der Waals surface area contributed by atoms with Crippen LogP contribution in [0.1, 0.15) is 71.4 Å². The van der Waals surface area contributed by atoms with Crippen LogP contribution in [-0.2, 0) is 11.8 Å². The minimum Gasteiger partial charge on any atom is -0.311 e. The zero-order valence-corrected chi connectivity index (χ0v) is 14.6. The Morgan fingerprint density at radius 2 is 1.71 bits per heavy atom. The van der Waals surface area contributed by atoms with Gasteiger partial charge in [0, 0.05) is 5.54 Å². The molecule has 1 N–H and O–H groups in total. The van der Waals surface area contributed by atoms with Crippen LogP contribution >= 0.6 is 0 Å². The molecule has 1 aliphatic rings. The summed E-state index contributed by atoms with van der Waals surface area (Å²) in [6, 6.07) is 9.33. The highest BCUT2D eigenvalue weighted by atomic mass is 15.0. The second-order valence-corrected chi connectivity index (χ2v) is 8.17. The van der Waals surface area contributed by atoms with Gasteiger partial charge in [0.1, 0.15) is 0 Å². The molecule has 118 valence electrons. The molecule has 0 aliphatic carbocycles. The van der Waals surface area contributed by atoms with E-state index in [0.717, 1.165) is 6.42 Å². The molecule has 1 aliphatic heterocycles. The third kappa shape index (κ3) is 4.10. The first-order chi connectivity index (χ1) is 9.83. The molecule has 0 aromatic heterocycles. The second-order valence-electron chi connectivity index (χ2n) is 8.17. The van der Waals surface area contributed by atoms with Gasteiger partial charge in [-0.05, 0) is 48.3 Å². The fourth-order valence-electron chi connectivity index (χ4n) is 3.50. The molecule has 1 aromatic rings. The van der Waals surface area contributed by atoms with Crippen molar-refractivity contribution in [2.75, 3.05) is 6.54 Å². The van der Waals surface area contributed by atoms with Gasteiger partial charge in [0.2, 0.25) is 0 Å². The number of hydrogen-bond acceptors (Lipinski definition) is 1. The summed E-state index contributed by atoms with van der Waals surface area (Å²) in [6.45, 7) is 12.8. The highest BCUT2D eigenvalue weighted by Gasteiger charge is 2.33. The third-order valence-corrected chi connectivity index (χ3v) is 5.22. The summed E-state index contributed by atoms with van der Waals surface area (Å²) in [7, 11) is 0. The quantitative estimate of drug-likeness (QED) is 0.817. The minimum absolute atomic E-state index is 0.245. The van der Waals surface area contributed by atoms with E-state index in [1.165, 1.54) is 43.4 Å². The first-order valence-corrected chi connectivity index (χ1v) is 8.68. The van der Waals surface area contributed by atoms with E-state index < -0.39 is 0 Å². The normalized spacial score (nSPS) is 24.1. The Hall–Kier alpha value is -0.820. The van der Waals surface area contributed by atoms with Gasteiger partial charge in [0.05, 0.1) is 0 Å². The van der Waals surface area contributed by atoms with Gasteiger partial charge in [-0.1, -0.05) is 71.7 Å². The predicted molar refractivity (Wildman–Crippen MR) is 92.9 cm³/mol. The standard InChI is InChI=1S/C20H33N/c1-16(2)20(13-7-6-8-14-21-20)15-17-9-11-18(12-10-17)19(3,4)5/h9-12,16,21H,6-8,13-15H2,1-5H3. The maximum Gasteiger partial charge on any atom is 0.0244 e. The van der Waals surface area contributed by atoms with Crippen LogP contribution in [-0.4, -0.2) is 12.1 Å². The molecule has 0 saturated carbocycles. The van der Waals surface area contributed by atoms with Gasteiger partial charge in [-0.25, -0.2) is 0 Å². The van der Waals surface area contributed by atoms with E-state index in [1.807, 2.05) is 0 Å². The average molecular weight is 287 g/mol. The molecule has 1 heteroatoms. The van der Waals surface area contributed by atoms with E-state index in [4.69, 9.17) is 0 Å². The summed E-state index contributed by atoms with van der Waals surface area (Å²) in [5, 5.41) is 3.89. The van der Waals surface area contributed by atoms with Crippen LogP contribution < -0.4 is 5.32 Å². The zero-order valence-electron chi connectivity index (χ0n) is 14.6. The van der Waals surface area contributed by atoms with Crippen LogP contribution in [0.3, 0.4) is 0 Å². The van der Waals surface area contributed by atoms with E-state index in [0.29, 0.717) is 11.5 Å². The first-order valence-electron chi connectivity index (χ1n) is 8.68. The maximum atomic E-state index is 3.89. The Morgan fingerprint density at radius 3 is 2.29 bits per heavy atom. The van der Waals surface area contributed by atoms with E-state index in [2.05, 4.69) is 64.2 Å². The van der Waals surface area contributed by atoms with Crippen LogP contribution in [0.2, 0.25) is 0 Å². The molecule has 1 nitrogen and oxygen atoms in total. The lowest BCUT2D eigenvalue weighted by molar-refractivity contribution is 0.226. The van der Waals surface area contributed by atoms with Gasteiger partial charge < -0.3 is 5.32 Å².